The Morgan fingerprint density at radius 3 is 2.96 bits per heavy atom. The van der Waals surface area contributed by atoms with E-state index in [4.69, 9.17) is 0 Å². The zero-order chi connectivity index (χ0) is 17.6. The number of aromatic nitrogens is 5. The molecule has 0 saturated heterocycles. The van der Waals surface area contributed by atoms with E-state index in [1.165, 1.54) is 16.0 Å². The second-order valence-electron chi connectivity index (χ2n) is 6.32. The molecule has 1 amide bonds. The Labute approximate surface area is 150 Å². The first-order valence-electron chi connectivity index (χ1n) is 8.96. The molecule has 2 aromatic heterocycles. The molecule has 0 aliphatic carbocycles. The van der Waals surface area contributed by atoms with Crippen LogP contribution in [0, 0.1) is 0 Å². The molecular weight excluding hydrogens is 340 g/mol. The van der Waals surface area contributed by atoms with E-state index in [9.17, 15) is 9.59 Å². The van der Waals surface area contributed by atoms with Crippen LogP contribution in [0.5, 0.6) is 0 Å². The van der Waals surface area contributed by atoms with E-state index in [2.05, 4.69) is 27.5 Å². The zero-order valence-corrected chi connectivity index (χ0v) is 15.3. The minimum Gasteiger partial charge on any atom is -0.299 e. The summed E-state index contributed by atoms with van der Waals surface area (Å²) < 4.78 is 2.94. The molecule has 0 atom stereocenters. The van der Waals surface area contributed by atoms with Gasteiger partial charge in [0.05, 0.1) is 0 Å². The summed E-state index contributed by atoms with van der Waals surface area (Å²) in [6.45, 7) is 2.75. The van der Waals surface area contributed by atoms with Gasteiger partial charge < -0.3 is 0 Å². The molecule has 8 nitrogen and oxygen atoms in total. The number of carbonyl (C=O) groups is 1. The third kappa shape index (κ3) is 4.53. The molecule has 3 heterocycles. The lowest BCUT2D eigenvalue weighted by atomic mass is 10.2. The SMILES string of the molecule is CCCCCc1nnc(NC(=O)Cn2nc3n(c2=O)CCCCC3)s1. The van der Waals surface area contributed by atoms with Gasteiger partial charge in [0.2, 0.25) is 11.0 Å². The van der Waals surface area contributed by atoms with Crippen molar-refractivity contribution in [2.24, 2.45) is 0 Å². The van der Waals surface area contributed by atoms with Crippen LogP contribution in [0.25, 0.3) is 0 Å². The summed E-state index contributed by atoms with van der Waals surface area (Å²) in [5, 5.41) is 16.5. The van der Waals surface area contributed by atoms with Crippen molar-refractivity contribution in [3.8, 4) is 0 Å². The summed E-state index contributed by atoms with van der Waals surface area (Å²) in [5.74, 6) is 0.482. The molecule has 2 aromatic rings. The van der Waals surface area contributed by atoms with Gasteiger partial charge in [0.25, 0.3) is 0 Å². The van der Waals surface area contributed by atoms with E-state index in [0.29, 0.717) is 11.7 Å². The minimum atomic E-state index is -0.299. The fraction of sp³-hybridized carbons (Fsp3) is 0.688. The topological polar surface area (TPSA) is 94.7 Å². The highest BCUT2D eigenvalue weighted by atomic mass is 32.1. The maximum atomic E-state index is 12.4. The van der Waals surface area contributed by atoms with E-state index in [1.807, 2.05) is 0 Å². The van der Waals surface area contributed by atoms with Crippen molar-refractivity contribution in [3.63, 3.8) is 0 Å². The van der Waals surface area contributed by atoms with Crippen molar-refractivity contribution in [1.29, 1.82) is 0 Å². The maximum absolute atomic E-state index is 12.4. The van der Waals surface area contributed by atoms with Crippen molar-refractivity contribution in [3.05, 3.63) is 21.3 Å². The van der Waals surface area contributed by atoms with E-state index >= 15 is 0 Å². The van der Waals surface area contributed by atoms with Gasteiger partial charge in [-0.3, -0.25) is 14.7 Å². The fourth-order valence-electron chi connectivity index (χ4n) is 2.95. The van der Waals surface area contributed by atoms with Gasteiger partial charge in [0.1, 0.15) is 17.4 Å². The largest absolute Gasteiger partial charge is 0.346 e. The second kappa shape index (κ2) is 8.37. The van der Waals surface area contributed by atoms with Gasteiger partial charge in [0.15, 0.2) is 0 Å². The number of nitrogens with zero attached hydrogens (tertiary/aromatic N) is 5. The fourth-order valence-corrected chi connectivity index (χ4v) is 3.75. The number of hydrogen-bond donors (Lipinski definition) is 1. The van der Waals surface area contributed by atoms with Gasteiger partial charge >= 0.3 is 5.69 Å². The Bertz CT molecular complexity index is 778. The first-order chi connectivity index (χ1) is 12.2. The molecule has 1 aliphatic heterocycles. The van der Waals surface area contributed by atoms with Crippen LogP contribution in [0.2, 0.25) is 0 Å². The smallest absolute Gasteiger partial charge is 0.299 e. The molecule has 25 heavy (non-hydrogen) atoms. The van der Waals surface area contributed by atoms with Gasteiger partial charge in [-0.2, -0.15) is 5.10 Å². The number of hydrogen-bond acceptors (Lipinski definition) is 6. The molecular formula is C16H24N6O2S. The first kappa shape index (κ1) is 17.8. The molecule has 136 valence electrons. The number of fused-ring (bicyclic) bond motifs is 1. The van der Waals surface area contributed by atoms with Gasteiger partial charge in [-0.05, 0) is 19.3 Å². The molecule has 9 heteroatoms. The number of carbonyl (C=O) groups excluding carboxylic acids is 1. The predicted octanol–water partition coefficient (Wildman–Crippen LogP) is 1.99. The van der Waals surface area contributed by atoms with E-state index in [-0.39, 0.29) is 18.1 Å². The molecule has 3 rings (SSSR count). The van der Waals surface area contributed by atoms with E-state index in [1.54, 1.807) is 4.57 Å². The number of rotatable bonds is 7. The number of amides is 1. The summed E-state index contributed by atoms with van der Waals surface area (Å²) >= 11 is 1.39. The van der Waals surface area contributed by atoms with Crippen LogP contribution in [0.4, 0.5) is 5.13 Å². The van der Waals surface area contributed by atoms with Crippen molar-refractivity contribution < 1.29 is 4.79 Å². The average molecular weight is 364 g/mol. The summed E-state index contributed by atoms with van der Waals surface area (Å²) in [4.78, 5) is 24.6. The molecule has 0 bridgehead atoms. The minimum absolute atomic E-state index is 0.0937. The standard InChI is InChI=1S/C16H24N6O2S/c1-2-3-5-9-14-18-19-15(25-14)17-13(23)11-22-16(24)21-10-7-4-6-8-12(21)20-22/h2-11H2,1H3,(H,17,19,23). The lowest BCUT2D eigenvalue weighted by Gasteiger charge is -2.00. The van der Waals surface area contributed by atoms with Gasteiger partial charge in [-0.1, -0.05) is 37.5 Å². The van der Waals surface area contributed by atoms with Crippen LogP contribution < -0.4 is 11.0 Å². The van der Waals surface area contributed by atoms with Gasteiger partial charge in [0, 0.05) is 19.4 Å². The normalized spacial score (nSPS) is 14.1. The zero-order valence-electron chi connectivity index (χ0n) is 14.5. The summed E-state index contributed by atoms with van der Waals surface area (Å²) in [6, 6.07) is 0. The molecule has 0 spiro atoms. The number of unbranched alkanes of at least 4 members (excludes halogenated alkanes) is 2. The third-order valence-electron chi connectivity index (χ3n) is 4.28. The molecule has 1 N–H and O–H groups in total. The quantitative estimate of drug-likeness (QED) is 0.758. The highest BCUT2D eigenvalue weighted by Crippen LogP contribution is 2.17. The summed E-state index contributed by atoms with van der Waals surface area (Å²) in [7, 11) is 0. The van der Waals surface area contributed by atoms with Gasteiger partial charge in [-0.15, -0.1) is 10.2 Å². The maximum Gasteiger partial charge on any atom is 0.346 e. The molecule has 0 saturated carbocycles. The van der Waals surface area contributed by atoms with Crippen LogP contribution >= 0.6 is 11.3 Å². The van der Waals surface area contributed by atoms with Gasteiger partial charge in [-0.25, -0.2) is 9.48 Å². The Balaban J connectivity index is 1.59. The van der Waals surface area contributed by atoms with Crippen LogP contribution in [0.1, 0.15) is 56.3 Å². The summed E-state index contributed by atoms with van der Waals surface area (Å²) in [6.07, 6.45) is 8.21. The third-order valence-corrected chi connectivity index (χ3v) is 5.18. The predicted molar refractivity (Wildman–Crippen MR) is 95.8 cm³/mol. The van der Waals surface area contributed by atoms with Crippen molar-refractivity contribution in [2.75, 3.05) is 5.32 Å². The molecule has 0 fully saturated rings. The van der Waals surface area contributed by atoms with Crippen molar-refractivity contribution in [2.45, 2.75) is 71.4 Å². The Morgan fingerprint density at radius 2 is 2.12 bits per heavy atom. The Hall–Kier alpha value is -2.03. The first-order valence-corrected chi connectivity index (χ1v) is 9.77. The second-order valence-corrected chi connectivity index (χ2v) is 7.39. The summed E-state index contributed by atoms with van der Waals surface area (Å²) in [5.41, 5.74) is -0.204. The van der Waals surface area contributed by atoms with E-state index in [0.717, 1.165) is 62.2 Å². The lowest BCUT2D eigenvalue weighted by molar-refractivity contribution is -0.117. The molecule has 0 aromatic carbocycles. The van der Waals surface area contributed by atoms with Crippen molar-refractivity contribution >= 4 is 22.4 Å². The van der Waals surface area contributed by atoms with Crippen LogP contribution in [-0.2, 0) is 30.7 Å². The van der Waals surface area contributed by atoms with Crippen LogP contribution in [-0.4, -0.2) is 30.5 Å². The molecule has 0 unspecified atom stereocenters. The average Bonchev–Trinajstić information content (AvgIpc) is 3.04. The highest BCUT2D eigenvalue weighted by molar-refractivity contribution is 7.15. The Morgan fingerprint density at radius 1 is 1.24 bits per heavy atom. The number of aryl methyl sites for hydroxylation is 2. The van der Waals surface area contributed by atoms with Crippen LogP contribution in [0.3, 0.4) is 0 Å². The Kier molecular flexibility index (Phi) is 5.95. The number of anilines is 1. The molecule has 0 radical (unpaired) electrons. The highest BCUT2D eigenvalue weighted by Gasteiger charge is 2.17. The van der Waals surface area contributed by atoms with E-state index < -0.39 is 0 Å². The monoisotopic (exact) mass is 364 g/mol. The molecule has 1 aliphatic rings. The lowest BCUT2D eigenvalue weighted by Crippen LogP contribution is -2.30. The number of nitrogens with one attached hydrogen (secondary N) is 1. The van der Waals surface area contributed by atoms with Crippen molar-refractivity contribution in [1.82, 2.24) is 24.5 Å². The van der Waals surface area contributed by atoms with Crippen LogP contribution in [0.15, 0.2) is 4.79 Å².